The van der Waals surface area contributed by atoms with E-state index < -0.39 is 0 Å². The second-order valence-electron chi connectivity index (χ2n) is 4.14. The lowest BCUT2D eigenvalue weighted by atomic mass is 10.1. The average molecular weight is 316 g/mol. The van der Waals surface area contributed by atoms with E-state index in [4.69, 9.17) is 5.11 Å². The van der Waals surface area contributed by atoms with Gasteiger partial charge in [-0.1, -0.05) is 0 Å². The minimum absolute atomic E-state index is 0.0308. The molecule has 0 aliphatic carbocycles. The third kappa shape index (κ3) is 3.40. The highest BCUT2D eigenvalue weighted by Gasteiger charge is 2.23. The highest BCUT2D eigenvalue weighted by Crippen LogP contribution is 2.22. The van der Waals surface area contributed by atoms with E-state index in [1.165, 1.54) is 0 Å². The van der Waals surface area contributed by atoms with Crippen molar-refractivity contribution in [1.29, 1.82) is 0 Å². The number of thiophene rings is 1. The Kier molecular flexibility index (Phi) is 4.36. The molecular formula is C12H14BrNO2S. The highest BCUT2D eigenvalue weighted by molar-refractivity contribution is 9.11. The van der Waals surface area contributed by atoms with Crippen LogP contribution in [0.1, 0.15) is 12.0 Å². The second-order valence-corrected chi connectivity index (χ2v) is 6.43. The molecule has 1 saturated heterocycles. The molecule has 2 rings (SSSR count). The smallest absolute Gasteiger partial charge is 0.246 e. The molecule has 0 saturated carbocycles. The second kappa shape index (κ2) is 5.80. The van der Waals surface area contributed by atoms with Gasteiger partial charge in [-0.05, 0) is 45.4 Å². The molecule has 1 aromatic heterocycles. The Morgan fingerprint density at radius 1 is 1.71 bits per heavy atom. The van der Waals surface area contributed by atoms with Crippen LogP contribution in [-0.2, 0) is 4.79 Å². The van der Waals surface area contributed by atoms with Crippen LogP contribution in [0.15, 0.2) is 21.3 Å². The summed E-state index contributed by atoms with van der Waals surface area (Å²) in [5.41, 5.74) is 1.04. The first-order chi connectivity index (χ1) is 8.19. The van der Waals surface area contributed by atoms with E-state index in [-0.39, 0.29) is 18.4 Å². The molecule has 1 aliphatic heterocycles. The summed E-state index contributed by atoms with van der Waals surface area (Å²) in [7, 11) is 0. The minimum Gasteiger partial charge on any atom is -0.396 e. The molecule has 0 bridgehead atoms. The molecule has 0 spiro atoms. The lowest BCUT2D eigenvalue weighted by molar-refractivity contribution is -0.125. The van der Waals surface area contributed by atoms with E-state index in [9.17, 15) is 4.79 Å². The van der Waals surface area contributed by atoms with Gasteiger partial charge >= 0.3 is 0 Å². The maximum absolute atomic E-state index is 11.8. The van der Waals surface area contributed by atoms with Gasteiger partial charge in [-0.3, -0.25) is 4.79 Å². The van der Waals surface area contributed by atoms with Crippen LogP contribution < -0.4 is 0 Å². The predicted octanol–water partition coefficient (Wildman–Crippen LogP) is 2.36. The normalized spacial score (nSPS) is 20.4. The Morgan fingerprint density at radius 3 is 3.12 bits per heavy atom. The molecule has 1 N–H and O–H groups in total. The molecule has 0 radical (unpaired) electrons. The number of halogens is 1. The average Bonchev–Trinajstić information content (AvgIpc) is 2.94. The number of amides is 1. The van der Waals surface area contributed by atoms with Crippen molar-refractivity contribution >= 4 is 39.2 Å². The first-order valence-electron chi connectivity index (χ1n) is 5.51. The Labute approximate surface area is 113 Å². The maximum atomic E-state index is 11.8. The number of rotatable bonds is 3. The van der Waals surface area contributed by atoms with Crippen LogP contribution >= 0.6 is 27.3 Å². The third-order valence-electron chi connectivity index (χ3n) is 2.86. The Morgan fingerprint density at radius 2 is 2.53 bits per heavy atom. The summed E-state index contributed by atoms with van der Waals surface area (Å²) in [6.45, 7) is 1.60. The van der Waals surface area contributed by atoms with Gasteiger partial charge in [0.15, 0.2) is 0 Å². The van der Waals surface area contributed by atoms with Gasteiger partial charge in [0.2, 0.25) is 5.91 Å². The zero-order chi connectivity index (χ0) is 12.3. The fourth-order valence-corrected chi connectivity index (χ4v) is 3.01. The van der Waals surface area contributed by atoms with Crippen LogP contribution in [0.2, 0.25) is 0 Å². The number of aliphatic hydroxyl groups excluding tert-OH is 1. The largest absolute Gasteiger partial charge is 0.396 e. The van der Waals surface area contributed by atoms with Gasteiger partial charge in [0, 0.05) is 31.7 Å². The van der Waals surface area contributed by atoms with Crippen LogP contribution in [0, 0.1) is 5.92 Å². The molecule has 3 nitrogen and oxygen atoms in total. The van der Waals surface area contributed by atoms with E-state index in [0.29, 0.717) is 6.54 Å². The van der Waals surface area contributed by atoms with Crippen molar-refractivity contribution in [2.24, 2.45) is 5.92 Å². The molecular weight excluding hydrogens is 302 g/mol. The zero-order valence-electron chi connectivity index (χ0n) is 9.30. The molecule has 2 heterocycles. The van der Waals surface area contributed by atoms with E-state index in [1.807, 2.05) is 17.5 Å². The lowest BCUT2D eigenvalue weighted by Crippen LogP contribution is -2.27. The van der Waals surface area contributed by atoms with Crippen LogP contribution in [0.5, 0.6) is 0 Å². The maximum Gasteiger partial charge on any atom is 0.246 e. The van der Waals surface area contributed by atoms with Gasteiger partial charge in [0.25, 0.3) is 0 Å². The number of carbonyl (C=O) groups excluding carboxylic acids is 1. The summed E-state index contributed by atoms with van der Waals surface area (Å²) < 4.78 is 1.06. The van der Waals surface area contributed by atoms with Gasteiger partial charge in [0.05, 0.1) is 3.79 Å². The van der Waals surface area contributed by atoms with Crippen molar-refractivity contribution < 1.29 is 9.90 Å². The first-order valence-corrected chi connectivity index (χ1v) is 7.18. The molecule has 1 unspecified atom stereocenters. The summed E-state index contributed by atoms with van der Waals surface area (Å²) in [5, 5.41) is 11.0. The standard InChI is InChI=1S/C12H14BrNO2S/c13-11-5-9(8-17-11)1-2-12(16)14-4-3-10(6-14)7-15/h1-2,5,8,10,15H,3-4,6-7H2/b2-1+. The van der Waals surface area contributed by atoms with Crippen molar-refractivity contribution in [2.45, 2.75) is 6.42 Å². The number of hydrogen-bond acceptors (Lipinski definition) is 3. The molecule has 1 aliphatic rings. The molecule has 1 fully saturated rings. The van der Waals surface area contributed by atoms with Crippen molar-refractivity contribution in [1.82, 2.24) is 4.90 Å². The fraction of sp³-hybridized carbons (Fsp3) is 0.417. The fourth-order valence-electron chi connectivity index (χ4n) is 1.87. The van der Waals surface area contributed by atoms with Gasteiger partial charge in [-0.15, -0.1) is 11.3 Å². The van der Waals surface area contributed by atoms with Gasteiger partial charge in [0.1, 0.15) is 0 Å². The quantitative estimate of drug-likeness (QED) is 0.870. The SMILES string of the molecule is O=C(/C=C/c1csc(Br)c1)N1CCC(CO)C1. The van der Waals surface area contributed by atoms with Crippen LogP contribution in [-0.4, -0.2) is 35.6 Å². The van der Waals surface area contributed by atoms with E-state index in [1.54, 1.807) is 22.3 Å². The number of nitrogens with zero attached hydrogens (tertiary/aromatic N) is 1. The van der Waals surface area contributed by atoms with E-state index in [0.717, 1.165) is 22.3 Å². The first kappa shape index (κ1) is 12.8. The monoisotopic (exact) mass is 315 g/mol. The van der Waals surface area contributed by atoms with Crippen molar-refractivity contribution in [3.63, 3.8) is 0 Å². The predicted molar refractivity (Wildman–Crippen MR) is 72.8 cm³/mol. The van der Waals surface area contributed by atoms with Crippen molar-refractivity contribution in [3.8, 4) is 0 Å². The summed E-state index contributed by atoms with van der Waals surface area (Å²) >= 11 is 4.98. The number of likely N-dealkylation sites (tertiary alicyclic amines) is 1. The molecule has 1 atom stereocenters. The molecule has 1 amide bonds. The molecule has 92 valence electrons. The van der Waals surface area contributed by atoms with E-state index >= 15 is 0 Å². The molecule has 0 aromatic carbocycles. The Bertz CT molecular complexity index is 430. The van der Waals surface area contributed by atoms with Crippen molar-refractivity contribution in [3.05, 3.63) is 26.9 Å². The van der Waals surface area contributed by atoms with Crippen LogP contribution in [0.25, 0.3) is 6.08 Å². The number of aliphatic hydroxyl groups is 1. The summed E-state index contributed by atoms with van der Waals surface area (Å²) in [4.78, 5) is 13.6. The minimum atomic E-state index is 0.0308. The summed E-state index contributed by atoms with van der Waals surface area (Å²) in [6.07, 6.45) is 4.34. The summed E-state index contributed by atoms with van der Waals surface area (Å²) in [5.74, 6) is 0.283. The molecule has 17 heavy (non-hydrogen) atoms. The highest BCUT2D eigenvalue weighted by atomic mass is 79.9. The van der Waals surface area contributed by atoms with E-state index in [2.05, 4.69) is 15.9 Å². The summed E-state index contributed by atoms with van der Waals surface area (Å²) in [6, 6.07) is 1.98. The Hall–Kier alpha value is -0.650. The van der Waals surface area contributed by atoms with Gasteiger partial charge in [-0.2, -0.15) is 0 Å². The van der Waals surface area contributed by atoms with Gasteiger partial charge in [-0.25, -0.2) is 0 Å². The zero-order valence-corrected chi connectivity index (χ0v) is 11.7. The van der Waals surface area contributed by atoms with Crippen LogP contribution in [0.3, 0.4) is 0 Å². The number of carbonyl (C=O) groups is 1. The molecule has 5 heteroatoms. The van der Waals surface area contributed by atoms with Crippen LogP contribution in [0.4, 0.5) is 0 Å². The van der Waals surface area contributed by atoms with Gasteiger partial charge < -0.3 is 10.0 Å². The number of hydrogen-bond donors (Lipinski definition) is 1. The molecule has 1 aromatic rings. The third-order valence-corrected chi connectivity index (χ3v) is 4.38. The Balaban J connectivity index is 1.91. The topological polar surface area (TPSA) is 40.5 Å². The lowest BCUT2D eigenvalue weighted by Gasteiger charge is -2.13. The van der Waals surface area contributed by atoms with Crippen molar-refractivity contribution in [2.75, 3.05) is 19.7 Å².